The predicted octanol–water partition coefficient (Wildman–Crippen LogP) is 2.73. The van der Waals surface area contributed by atoms with Crippen LogP contribution in [-0.4, -0.2) is 28.3 Å². The molecule has 1 unspecified atom stereocenters. The highest BCUT2D eigenvalue weighted by Gasteiger charge is 2.43. The first-order chi connectivity index (χ1) is 9.22. The van der Waals surface area contributed by atoms with Crippen molar-refractivity contribution in [1.82, 2.24) is 10.2 Å². The van der Waals surface area contributed by atoms with Crippen molar-refractivity contribution in [2.45, 2.75) is 38.9 Å². The van der Waals surface area contributed by atoms with Crippen molar-refractivity contribution in [2.75, 3.05) is 0 Å². The Morgan fingerprint density at radius 2 is 2.05 bits per heavy atom. The minimum Gasteiger partial charge on any atom is -0.340 e. The average molecular weight is 360 g/mol. The van der Waals surface area contributed by atoms with Crippen LogP contribution in [0, 0.1) is 0 Å². The molecule has 1 atom stereocenters. The maximum absolute atomic E-state index is 12.4. The maximum atomic E-state index is 12.4. The Kier molecular flexibility index (Phi) is 4.12. The van der Waals surface area contributed by atoms with Crippen molar-refractivity contribution < 1.29 is 9.59 Å². The number of nitrogens with one attached hydrogen (secondary N) is 1. The summed E-state index contributed by atoms with van der Waals surface area (Å²) in [7, 11) is 0. The zero-order valence-corrected chi connectivity index (χ0v) is 13.9. The first-order valence-electron chi connectivity index (χ1n) is 6.29. The first-order valence-corrected chi connectivity index (χ1v) is 7.46. The lowest BCUT2D eigenvalue weighted by atomic mass is 9.97. The molecule has 1 N–H and O–H groups in total. The highest BCUT2D eigenvalue weighted by molar-refractivity contribution is 9.10. The minimum absolute atomic E-state index is 0.108. The highest BCUT2D eigenvalue weighted by Crippen LogP contribution is 2.26. The van der Waals surface area contributed by atoms with Gasteiger partial charge in [-0.1, -0.05) is 33.6 Å². The number of carbonyl (C=O) groups excluding carboxylic acids is 2. The van der Waals surface area contributed by atoms with E-state index in [0.29, 0.717) is 11.6 Å². The van der Waals surface area contributed by atoms with E-state index >= 15 is 0 Å². The van der Waals surface area contributed by atoms with Gasteiger partial charge < -0.3 is 10.2 Å². The summed E-state index contributed by atoms with van der Waals surface area (Å²) in [5.41, 5.74) is -0.0635. The molecule has 0 aromatic heterocycles. The van der Waals surface area contributed by atoms with Gasteiger partial charge in [-0.2, -0.15) is 0 Å². The van der Waals surface area contributed by atoms with E-state index in [9.17, 15) is 9.59 Å². The molecule has 6 heteroatoms. The van der Waals surface area contributed by atoms with Gasteiger partial charge in [0.1, 0.15) is 11.6 Å². The summed E-state index contributed by atoms with van der Waals surface area (Å²) in [6, 6.07) is 4.99. The van der Waals surface area contributed by atoms with Gasteiger partial charge in [0.15, 0.2) is 0 Å². The van der Waals surface area contributed by atoms with E-state index < -0.39 is 11.6 Å². The van der Waals surface area contributed by atoms with Gasteiger partial charge in [0.05, 0.1) is 0 Å². The molecule has 0 spiro atoms. The molecule has 1 fully saturated rings. The Morgan fingerprint density at radius 3 is 2.65 bits per heavy atom. The van der Waals surface area contributed by atoms with Gasteiger partial charge in [-0.25, -0.2) is 0 Å². The van der Waals surface area contributed by atoms with Crippen LogP contribution in [0.25, 0.3) is 0 Å². The molecule has 0 saturated carbocycles. The number of hydrogen-bond donors (Lipinski definition) is 1. The lowest BCUT2D eigenvalue weighted by Crippen LogP contribution is -2.66. The predicted molar refractivity (Wildman–Crippen MR) is 81.4 cm³/mol. The second-order valence-electron chi connectivity index (χ2n) is 5.46. The van der Waals surface area contributed by atoms with Crippen molar-refractivity contribution >= 4 is 39.3 Å². The van der Waals surface area contributed by atoms with E-state index in [1.807, 2.05) is 12.1 Å². The summed E-state index contributed by atoms with van der Waals surface area (Å²) in [5, 5.41) is 3.30. The summed E-state index contributed by atoms with van der Waals surface area (Å²) in [4.78, 5) is 26.0. The van der Waals surface area contributed by atoms with Crippen LogP contribution >= 0.6 is 27.5 Å². The van der Waals surface area contributed by atoms with E-state index in [1.54, 1.807) is 31.7 Å². The second kappa shape index (κ2) is 5.37. The molecule has 20 heavy (non-hydrogen) atoms. The van der Waals surface area contributed by atoms with Crippen molar-refractivity contribution in [3.63, 3.8) is 0 Å². The largest absolute Gasteiger partial charge is 0.340 e. The van der Waals surface area contributed by atoms with Crippen LogP contribution in [0.15, 0.2) is 22.7 Å². The van der Waals surface area contributed by atoms with Gasteiger partial charge in [-0.05, 0) is 38.5 Å². The third-order valence-electron chi connectivity index (χ3n) is 3.43. The number of rotatable bonds is 2. The molecule has 1 aliphatic heterocycles. The molecule has 2 rings (SSSR count). The smallest absolute Gasteiger partial charge is 0.248 e. The van der Waals surface area contributed by atoms with Gasteiger partial charge in [-0.3, -0.25) is 9.59 Å². The number of carbonyl (C=O) groups is 2. The fourth-order valence-corrected chi connectivity index (χ4v) is 2.92. The Bertz CT molecular complexity index is 574. The first kappa shape index (κ1) is 15.3. The monoisotopic (exact) mass is 358 g/mol. The van der Waals surface area contributed by atoms with Crippen molar-refractivity contribution in [3.05, 3.63) is 33.3 Å². The molecule has 1 aromatic carbocycles. The fraction of sp³-hybridized carbons (Fsp3) is 0.429. The molecule has 1 heterocycles. The molecule has 0 aliphatic carbocycles. The molecule has 1 saturated heterocycles. The highest BCUT2D eigenvalue weighted by atomic mass is 79.9. The molecule has 1 aliphatic rings. The van der Waals surface area contributed by atoms with E-state index in [0.717, 1.165) is 10.0 Å². The minimum atomic E-state index is -0.883. The zero-order valence-electron chi connectivity index (χ0n) is 11.5. The van der Waals surface area contributed by atoms with Crippen LogP contribution in [0.5, 0.6) is 0 Å². The zero-order chi connectivity index (χ0) is 15.1. The van der Waals surface area contributed by atoms with Crippen LogP contribution in [0.3, 0.4) is 0 Å². The number of piperazine rings is 1. The molecular weight excluding hydrogens is 344 g/mol. The van der Waals surface area contributed by atoms with Crippen molar-refractivity contribution in [2.24, 2.45) is 0 Å². The molecule has 2 amide bonds. The number of halogens is 2. The summed E-state index contributed by atoms with van der Waals surface area (Å²) in [5.74, 6) is -0.258. The molecular formula is C14H16BrClN2O2. The van der Waals surface area contributed by atoms with E-state index in [-0.39, 0.29) is 11.8 Å². The quantitative estimate of drug-likeness (QED) is 0.882. The van der Waals surface area contributed by atoms with Gasteiger partial charge in [0.25, 0.3) is 0 Å². The summed E-state index contributed by atoms with van der Waals surface area (Å²) in [6.07, 6.45) is 0. The Labute approximate surface area is 131 Å². The van der Waals surface area contributed by atoms with Gasteiger partial charge in [0, 0.05) is 16.0 Å². The van der Waals surface area contributed by atoms with E-state index in [1.165, 1.54) is 0 Å². The van der Waals surface area contributed by atoms with Gasteiger partial charge >= 0.3 is 0 Å². The van der Waals surface area contributed by atoms with E-state index in [4.69, 9.17) is 11.6 Å². The van der Waals surface area contributed by atoms with Crippen LogP contribution in [0.2, 0.25) is 5.02 Å². The maximum Gasteiger partial charge on any atom is 0.248 e. The normalized spacial score (nSPS) is 21.9. The van der Waals surface area contributed by atoms with Crippen LogP contribution in [0.1, 0.15) is 26.3 Å². The topological polar surface area (TPSA) is 49.4 Å². The molecule has 0 bridgehead atoms. The number of hydrogen-bond acceptors (Lipinski definition) is 2. The third-order valence-corrected chi connectivity index (χ3v) is 4.28. The van der Waals surface area contributed by atoms with E-state index in [2.05, 4.69) is 21.2 Å². The molecule has 108 valence electrons. The number of amides is 2. The number of benzene rings is 1. The van der Waals surface area contributed by atoms with Crippen molar-refractivity contribution in [3.8, 4) is 0 Å². The number of nitrogens with zero attached hydrogens (tertiary/aromatic N) is 1. The lowest BCUT2D eigenvalue weighted by Gasteiger charge is -2.41. The Balaban J connectivity index is 2.30. The van der Waals surface area contributed by atoms with Crippen molar-refractivity contribution in [1.29, 1.82) is 0 Å². The lowest BCUT2D eigenvalue weighted by molar-refractivity contribution is -0.153. The SMILES string of the molecule is CC1C(=O)NC(C)(C)C(=O)N1Cc1ccc(Br)cc1Cl. The summed E-state index contributed by atoms with van der Waals surface area (Å²) >= 11 is 9.53. The average Bonchev–Trinajstić information content (AvgIpc) is 2.34. The Morgan fingerprint density at radius 1 is 1.40 bits per heavy atom. The van der Waals surface area contributed by atoms with Gasteiger partial charge in [0.2, 0.25) is 11.8 Å². The Hall–Kier alpha value is -1.07. The molecule has 4 nitrogen and oxygen atoms in total. The fourth-order valence-electron chi connectivity index (χ4n) is 2.18. The molecule has 1 aromatic rings. The van der Waals surface area contributed by atoms with Crippen LogP contribution < -0.4 is 5.32 Å². The molecule has 0 radical (unpaired) electrons. The van der Waals surface area contributed by atoms with Crippen LogP contribution in [-0.2, 0) is 16.1 Å². The third kappa shape index (κ3) is 2.83. The van der Waals surface area contributed by atoms with Gasteiger partial charge in [-0.15, -0.1) is 0 Å². The van der Waals surface area contributed by atoms with Crippen LogP contribution in [0.4, 0.5) is 0 Å². The standard InChI is InChI=1S/C14H16BrClN2O2/c1-8-12(19)17-14(2,3)13(20)18(8)7-9-4-5-10(15)6-11(9)16/h4-6,8H,7H2,1-3H3,(H,17,19). The summed E-state index contributed by atoms with van der Waals surface area (Å²) in [6.45, 7) is 5.45. The summed E-state index contributed by atoms with van der Waals surface area (Å²) < 4.78 is 0.877. The second-order valence-corrected chi connectivity index (χ2v) is 6.78.